The number of hydrogen-bond donors (Lipinski definition) is 0. The van der Waals surface area contributed by atoms with E-state index in [1.165, 1.54) is 22.1 Å². The minimum absolute atomic E-state index is 0.298. The summed E-state index contributed by atoms with van der Waals surface area (Å²) >= 11 is 4.38. The minimum Gasteiger partial charge on any atom is -0.142 e. The van der Waals surface area contributed by atoms with Crippen molar-refractivity contribution in [3.63, 3.8) is 0 Å². The zero-order valence-electron chi connectivity index (χ0n) is 14.1. The van der Waals surface area contributed by atoms with Gasteiger partial charge in [0.2, 0.25) is 0 Å². The molecule has 2 aromatic carbocycles. The first kappa shape index (κ1) is 17.4. The van der Waals surface area contributed by atoms with Crippen LogP contribution in [0.25, 0.3) is 0 Å². The number of hydrogen-bond acceptors (Lipinski definition) is 2. The maximum absolute atomic E-state index is 2.39. The molecule has 0 aromatic heterocycles. The second-order valence-corrected chi connectivity index (χ2v) is 12.6. The van der Waals surface area contributed by atoms with Crippen LogP contribution in [0, 0.1) is 11.3 Å². The van der Waals surface area contributed by atoms with Crippen LogP contribution in [0.15, 0.2) is 60.7 Å². The first-order chi connectivity index (χ1) is 11.1. The fraction of sp³-hybridized carbons (Fsp3) is 0.400. The van der Waals surface area contributed by atoms with Gasteiger partial charge in [0.25, 0.3) is 0 Å². The van der Waals surface area contributed by atoms with Crippen LogP contribution in [0.3, 0.4) is 0 Å². The van der Waals surface area contributed by atoms with Crippen molar-refractivity contribution in [1.82, 2.24) is 0 Å². The quantitative estimate of drug-likeness (QED) is 0.659. The molecule has 1 heterocycles. The normalized spacial score (nSPS) is 22.3. The monoisotopic (exact) mass is 360 g/mol. The molecule has 1 fully saturated rings. The molecule has 0 bridgehead atoms. The van der Waals surface area contributed by atoms with Gasteiger partial charge in [0.1, 0.15) is 0 Å². The van der Waals surface area contributed by atoms with Gasteiger partial charge in [0.05, 0.1) is 4.32 Å². The lowest BCUT2D eigenvalue weighted by Crippen LogP contribution is -2.31. The van der Waals surface area contributed by atoms with E-state index in [0.29, 0.717) is 9.74 Å². The molecule has 122 valence electrons. The van der Waals surface area contributed by atoms with Crippen molar-refractivity contribution in [2.24, 2.45) is 11.3 Å². The Morgan fingerprint density at radius 1 is 0.783 bits per heavy atom. The van der Waals surface area contributed by atoms with Crippen molar-refractivity contribution in [2.75, 3.05) is 11.5 Å². The van der Waals surface area contributed by atoms with E-state index < -0.39 is 0 Å². The van der Waals surface area contributed by atoms with Crippen molar-refractivity contribution in [2.45, 2.75) is 25.1 Å². The van der Waals surface area contributed by atoms with Gasteiger partial charge in [-0.3, -0.25) is 0 Å². The predicted octanol–water partition coefficient (Wildman–Crippen LogP) is 5.55. The highest BCUT2D eigenvalue weighted by Crippen LogP contribution is 2.55. The third-order valence-electron chi connectivity index (χ3n) is 4.38. The van der Waals surface area contributed by atoms with Crippen molar-refractivity contribution in [3.8, 4) is 0 Å². The lowest BCUT2D eigenvalue weighted by molar-refractivity contribution is 0.293. The van der Waals surface area contributed by atoms with E-state index in [2.05, 4.69) is 105 Å². The Balaban J connectivity index is 1.83. The average Bonchev–Trinajstić information content (AvgIpc) is 2.57. The Morgan fingerprint density at radius 3 is 1.61 bits per heavy atom. The van der Waals surface area contributed by atoms with Gasteiger partial charge in [-0.1, -0.05) is 81.4 Å². The maximum Gasteiger partial charge on any atom is 0.0779 e. The van der Waals surface area contributed by atoms with E-state index in [0.717, 1.165) is 5.92 Å². The maximum atomic E-state index is 2.39. The van der Waals surface area contributed by atoms with Crippen molar-refractivity contribution < 1.29 is 0 Å². The summed E-state index contributed by atoms with van der Waals surface area (Å²) in [7, 11) is -0.298. The summed E-state index contributed by atoms with van der Waals surface area (Å²) in [6, 6.07) is 22.2. The van der Waals surface area contributed by atoms with Gasteiger partial charge in [0.15, 0.2) is 0 Å². The smallest absolute Gasteiger partial charge is 0.0779 e. The van der Waals surface area contributed by atoms with Gasteiger partial charge in [-0.2, -0.15) is 0 Å². The van der Waals surface area contributed by atoms with Crippen LogP contribution in [-0.2, 0) is 0 Å². The van der Waals surface area contributed by atoms with E-state index in [1.54, 1.807) is 0 Å². The van der Waals surface area contributed by atoms with Gasteiger partial charge in [-0.25, -0.2) is 0 Å². The van der Waals surface area contributed by atoms with Crippen LogP contribution in [0.5, 0.6) is 0 Å². The summed E-state index contributed by atoms with van der Waals surface area (Å²) in [5, 5.41) is 3.01. The van der Waals surface area contributed by atoms with E-state index in [1.807, 2.05) is 0 Å². The van der Waals surface area contributed by atoms with Crippen LogP contribution in [-0.4, -0.2) is 15.8 Å². The highest BCUT2D eigenvalue weighted by molar-refractivity contribution is 8.25. The second-order valence-electron chi connectivity index (χ2n) is 7.08. The molecule has 0 aliphatic carbocycles. The summed E-state index contributed by atoms with van der Waals surface area (Å²) in [5.74, 6) is 3.40. The molecule has 1 saturated heterocycles. The highest BCUT2D eigenvalue weighted by atomic mass is 32.2. The van der Waals surface area contributed by atoms with Gasteiger partial charge in [-0.15, -0.1) is 23.5 Å². The summed E-state index contributed by atoms with van der Waals surface area (Å²) in [6.45, 7) is 7.16. The highest BCUT2D eigenvalue weighted by Gasteiger charge is 2.34. The molecule has 3 rings (SSSR count). The molecular formula is C20H25PS2. The third kappa shape index (κ3) is 4.35. The van der Waals surface area contributed by atoms with Crippen molar-refractivity contribution in [1.29, 1.82) is 0 Å². The predicted molar refractivity (Wildman–Crippen MR) is 111 cm³/mol. The Hall–Kier alpha value is -0.430. The zero-order chi connectivity index (χ0) is 16.3. The molecule has 2 aromatic rings. The lowest BCUT2D eigenvalue weighted by atomic mass is 9.83. The second kappa shape index (κ2) is 7.64. The fourth-order valence-electron chi connectivity index (χ4n) is 2.71. The van der Waals surface area contributed by atoms with E-state index in [9.17, 15) is 0 Å². The van der Waals surface area contributed by atoms with Crippen LogP contribution in [0.2, 0.25) is 0 Å². The van der Waals surface area contributed by atoms with Crippen LogP contribution < -0.4 is 10.6 Å². The van der Waals surface area contributed by atoms with Gasteiger partial charge < -0.3 is 0 Å². The molecule has 0 radical (unpaired) electrons. The average molecular weight is 361 g/mol. The van der Waals surface area contributed by atoms with Gasteiger partial charge >= 0.3 is 0 Å². The summed E-state index contributed by atoms with van der Waals surface area (Å²) < 4.78 is 0.674. The molecule has 0 saturated carbocycles. The molecule has 23 heavy (non-hydrogen) atoms. The molecule has 0 amide bonds. The molecule has 0 atom stereocenters. The standard InChI is InChI=1S/C20H25PS2/c1-20(2,3)16-14-22-19(23-15-16)21(17-10-6-4-7-11-17)18-12-8-5-9-13-18/h4-13,16,19H,14-15H2,1-3H3. The zero-order valence-corrected chi connectivity index (χ0v) is 16.6. The lowest BCUT2D eigenvalue weighted by Gasteiger charge is -2.39. The molecule has 3 heteroatoms. The molecule has 0 spiro atoms. The minimum atomic E-state index is -0.298. The molecule has 1 aliphatic rings. The SMILES string of the molecule is CC(C)(C)C1CSC(P(c2ccccc2)c2ccccc2)SC1. The molecule has 0 unspecified atom stereocenters. The Morgan fingerprint density at radius 2 is 1.22 bits per heavy atom. The third-order valence-corrected chi connectivity index (χ3v) is 11.3. The molecular weight excluding hydrogens is 335 g/mol. The van der Waals surface area contributed by atoms with E-state index in [-0.39, 0.29) is 7.92 Å². The topological polar surface area (TPSA) is 0 Å². The van der Waals surface area contributed by atoms with Crippen LogP contribution >= 0.6 is 31.4 Å². The number of benzene rings is 2. The Bertz CT molecular complexity index is 559. The largest absolute Gasteiger partial charge is 0.142 e. The number of thioether (sulfide) groups is 2. The van der Waals surface area contributed by atoms with Gasteiger partial charge in [0, 0.05) is 0 Å². The summed E-state index contributed by atoms with van der Waals surface area (Å²) in [5.41, 5.74) is 0.424. The van der Waals surface area contributed by atoms with Gasteiger partial charge in [-0.05, 0) is 41.4 Å². The van der Waals surface area contributed by atoms with Crippen LogP contribution in [0.4, 0.5) is 0 Å². The summed E-state index contributed by atoms with van der Waals surface area (Å²) in [4.78, 5) is 0. The Kier molecular flexibility index (Phi) is 5.78. The molecule has 0 nitrogen and oxygen atoms in total. The first-order valence-electron chi connectivity index (χ1n) is 8.18. The van der Waals surface area contributed by atoms with E-state index >= 15 is 0 Å². The van der Waals surface area contributed by atoms with E-state index in [4.69, 9.17) is 0 Å². The van der Waals surface area contributed by atoms with Crippen molar-refractivity contribution >= 4 is 42.1 Å². The fourth-order valence-corrected chi connectivity index (χ4v) is 10.7. The van der Waals surface area contributed by atoms with Crippen LogP contribution in [0.1, 0.15) is 20.8 Å². The summed E-state index contributed by atoms with van der Waals surface area (Å²) in [6.07, 6.45) is 0. The Labute approximate surface area is 150 Å². The van der Waals surface area contributed by atoms with Crippen molar-refractivity contribution in [3.05, 3.63) is 60.7 Å². The molecule has 1 aliphatic heterocycles. The number of rotatable bonds is 3. The first-order valence-corrected chi connectivity index (χ1v) is 11.7. The molecule has 0 N–H and O–H groups in total.